The monoisotopic (exact) mass is 270 g/mol. The minimum absolute atomic E-state index is 0.124. The van der Waals surface area contributed by atoms with Gasteiger partial charge in [0.25, 0.3) is 0 Å². The Morgan fingerprint density at radius 1 is 1.44 bits per heavy atom. The van der Waals surface area contributed by atoms with Crippen LogP contribution in [0.4, 0.5) is 0 Å². The number of aliphatic hydroxyl groups excluding tert-OH is 1. The Kier molecular flexibility index (Phi) is 4.49. The lowest BCUT2D eigenvalue weighted by Crippen LogP contribution is -2.44. The molecule has 0 radical (unpaired) electrons. The first-order valence-corrected chi connectivity index (χ1v) is 6.61. The van der Waals surface area contributed by atoms with E-state index < -0.39 is 0 Å². The molecule has 0 aliphatic carbocycles. The van der Waals surface area contributed by atoms with Crippen LogP contribution in [-0.2, 0) is 11.2 Å². The maximum Gasteiger partial charge on any atom is 0.137 e. The highest BCUT2D eigenvalue weighted by molar-refractivity contribution is 6.32. The molecule has 0 saturated carbocycles. The molecule has 100 valence electrons. The number of aliphatic hydroxyl groups is 1. The van der Waals surface area contributed by atoms with Gasteiger partial charge in [0.05, 0.1) is 24.8 Å². The van der Waals surface area contributed by atoms with Crippen LogP contribution in [0, 0.1) is 5.41 Å². The van der Waals surface area contributed by atoms with Gasteiger partial charge in [-0.05, 0) is 30.5 Å². The summed E-state index contributed by atoms with van der Waals surface area (Å²) in [4.78, 5) is 0. The number of aryl methyl sites for hydroxylation is 1. The molecule has 3 nitrogen and oxygen atoms in total. The SMILES string of the molecule is CC1(COc2ccc(CCCO)cc2Cl)COC1. The average Bonchev–Trinajstić information content (AvgIpc) is 2.33. The Morgan fingerprint density at radius 3 is 2.78 bits per heavy atom. The Balaban J connectivity index is 1.92. The molecule has 4 heteroatoms. The third kappa shape index (κ3) is 3.37. The van der Waals surface area contributed by atoms with Gasteiger partial charge in [-0.15, -0.1) is 0 Å². The maximum absolute atomic E-state index is 8.79. The number of halogens is 1. The molecular weight excluding hydrogens is 252 g/mol. The summed E-state index contributed by atoms with van der Waals surface area (Å²) in [7, 11) is 0. The highest BCUT2D eigenvalue weighted by Crippen LogP contribution is 2.31. The number of rotatable bonds is 6. The van der Waals surface area contributed by atoms with Gasteiger partial charge in [-0.1, -0.05) is 24.6 Å². The van der Waals surface area contributed by atoms with Crippen molar-refractivity contribution < 1.29 is 14.6 Å². The zero-order valence-corrected chi connectivity index (χ0v) is 11.4. The van der Waals surface area contributed by atoms with Crippen LogP contribution in [0.3, 0.4) is 0 Å². The van der Waals surface area contributed by atoms with Crippen molar-refractivity contribution in [1.82, 2.24) is 0 Å². The van der Waals surface area contributed by atoms with Gasteiger partial charge in [-0.3, -0.25) is 0 Å². The fourth-order valence-corrected chi connectivity index (χ4v) is 2.14. The molecule has 1 saturated heterocycles. The van der Waals surface area contributed by atoms with Gasteiger partial charge in [-0.25, -0.2) is 0 Å². The number of benzene rings is 1. The van der Waals surface area contributed by atoms with E-state index in [9.17, 15) is 0 Å². The third-order valence-corrected chi connectivity index (χ3v) is 3.39. The summed E-state index contributed by atoms with van der Waals surface area (Å²) in [5, 5.41) is 9.42. The van der Waals surface area contributed by atoms with Gasteiger partial charge in [0.15, 0.2) is 0 Å². The molecule has 0 amide bonds. The third-order valence-electron chi connectivity index (χ3n) is 3.10. The summed E-state index contributed by atoms with van der Waals surface area (Å²) in [5.74, 6) is 0.720. The van der Waals surface area contributed by atoms with Crippen LogP contribution >= 0.6 is 11.6 Å². The predicted molar refractivity (Wildman–Crippen MR) is 71.3 cm³/mol. The molecule has 1 aromatic rings. The highest BCUT2D eigenvalue weighted by Gasteiger charge is 2.34. The van der Waals surface area contributed by atoms with E-state index >= 15 is 0 Å². The maximum atomic E-state index is 8.79. The largest absolute Gasteiger partial charge is 0.491 e. The molecule has 1 aliphatic heterocycles. The van der Waals surface area contributed by atoms with Gasteiger partial charge in [0.2, 0.25) is 0 Å². The zero-order chi connectivity index (χ0) is 13.0. The van der Waals surface area contributed by atoms with Crippen LogP contribution in [0.2, 0.25) is 5.02 Å². The summed E-state index contributed by atoms with van der Waals surface area (Å²) in [6.07, 6.45) is 1.59. The van der Waals surface area contributed by atoms with Crippen molar-refractivity contribution in [2.45, 2.75) is 19.8 Å². The van der Waals surface area contributed by atoms with Gasteiger partial charge in [-0.2, -0.15) is 0 Å². The Morgan fingerprint density at radius 2 is 2.22 bits per heavy atom. The van der Waals surface area contributed by atoms with Crippen molar-refractivity contribution in [3.05, 3.63) is 28.8 Å². The molecule has 0 aromatic heterocycles. The van der Waals surface area contributed by atoms with E-state index in [1.165, 1.54) is 0 Å². The summed E-state index contributed by atoms with van der Waals surface area (Å²) in [5.41, 5.74) is 1.25. The van der Waals surface area contributed by atoms with Gasteiger partial charge < -0.3 is 14.6 Å². The predicted octanol–water partition coefficient (Wildman–Crippen LogP) is 2.68. The quantitative estimate of drug-likeness (QED) is 0.864. The number of ether oxygens (including phenoxy) is 2. The minimum Gasteiger partial charge on any atom is -0.491 e. The molecule has 0 atom stereocenters. The topological polar surface area (TPSA) is 38.7 Å². The minimum atomic E-state index is 0.124. The van der Waals surface area contributed by atoms with Crippen LogP contribution in [0.25, 0.3) is 0 Å². The summed E-state index contributed by atoms with van der Waals surface area (Å²) >= 11 is 6.18. The second-order valence-corrected chi connectivity index (χ2v) is 5.59. The van der Waals surface area contributed by atoms with Gasteiger partial charge in [0, 0.05) is 12.0 Å². The zero-order valence-electron chi connectivity index (χ0n) is 10.6. The van der Waals surface area contributed by atoms with Crippen LogP contribution in [0.15, 0.2) is 18.2 Å². The first-order valence-electron chi connectivity index (χ1n) is 6.23. The van der Waals surface area contributed by atoms with E-state index in [1.54, 1.807) is 0 Å². The van der Waals surface area contributed by atoms with Crippen LogP contribution in [0.5, 0.6) is 5.75 Å². The molecule has 1 aromatic carbocycles. The Hall–Kier alpha value is -0.770. The normalized spacial score (nSPS) is 17.3. The van der Waals surface area contributed by atoms with E-state index in [0.717, 1.165) is 37.4 Å². The first kappa shape index (κ1) is 13.7. The van der Waals surface area contributed by atoms with E-state index in [4.69, 9.17) is 26.2 Å². The second-order valence-electron chi connectivity index (χ2n) is 5.18. The van der Waals surface area contributed by atoms with Gasteiger partial charge >= 0.3 is 0 Å². The van der Waals surface area contributed by atoms with E-state index in [-0.39, 0.29) is 12.0 Å². The highest BCUT2D eigenvalue weighted by atomic mass is 35.5. The van der Waals surface area contributed by atoms with Crippen LogP contribution in [-0.4, -0.2) is 31.5 Å². The van der Waals surface area contributed by atoms with Crippen molar-refractivity contribution in [3.8, 4) is 5.75 Å². The number of hydrogen-bond donors (Lipinski definition) is 1. The average molecular weight is 271 g/mol. The summed E-state index contributed by atoms with van der Waals surface area (Å²) in [6, 6.07) is 5.81. The molecule has 1 N–H and O–H groups in total. The van der Waals surface area contributed by atoms with Gasteiger partial charge in [0.1, 0.15) is 5.75 Å². The van der Waals surface area contributed by atoms with Crippen molar-refractivity contribution in [2.75, 3.05) is 26.4 Å². The fraction of sp³-hybridized carbons (Fsp3) is 0.571. The molecular formula is C14H19ClO3. The van der Waals surface area contributed by atoms with Crippen LogP contribution < -0.4 is 4.74 Å². The van der Waals surface area contributed by atoms with E-state index in [1.807, 2.05) is 18.2 Å². The Bertz CT molecular complexity index is 402. The molecule has 1 fully saturated rings. The summed E-state index contributed by atoms with van der Waals surface area (Å²) < 4.78 is 10.9. The Labute approximate surface area is 113 Å². The first-order chi connectivity index (χ1) is 8.63. The molecule has 1 heterocycles. The molecule has 0 bridgehead atoms. The molecule has 2 rings (SSSR count). The molecule has 1 aliphatic rings. The van der Waals surface area contributed by atoms with E-state index in [0.29, 0.717) is 11.6 Å². The standard InChI is InChI=1S/C14H19ClO3/c1-14(8-17-9-14)10-18-13-5-4-11(3-2-6-16)7-12(13)15/h4-5,7,16H,2-3,6,8-10H2,1H3. The lowest BCUT2D eigenvalue weighted by atomic mass is 9.90. The fourth-order valence-electron chi connectivity index (χ4n) is 1.89. The smallest absolute Gasteiger partial charge is 0.137 e. The van der Waals surface area contributed by atoms with Crippen molar-refractivity contribution in [1.29, 1.82) is 0 Å². The van der Waals surface area contributed by atoms with Crippen molar-refractivity contribution in [3.63, 3.8) is 0 Å². The second kappa shape index (κ2) is 5.91. The van der Waals surface area contributed by atoms with Crippen molar-refractivity contribution in [2.24, 2.45) is 5.41 Å². The van der Waals surface area contributed by atoms with E-state index in [2.05, 4.69) is 6.92 Å². The lowest BCUT2D eigenvalue weighted by Gasteiger charge is -2.37. The van der Waals surface area contributed by atoms with Crippen LogP contribution in [0.1, 0.15) is 18.9 Å². The lowest BCUT2D eigenvalue weighted by molar-refractivity contribution is -0.120. The van der Waals surface area contributed by atoms with Crippen molar-refractivity contribution >= 4 is 11.6 Å². The summed E-state index contributed by atoms with van der Waals surface area (Å²) in [6.45, 7) is 4.47. The molecule has 18 heavy (non-hydrogen) atoms. The molecule has 0 spiro atoms. The molecule has 0 unspecified atom stereocenters. The number of hydrogen-bond acceptors (Lipinski definition) is 3.